The summed E-state index contributed by atoms with van der Waals surface area (Å²) in [5, 5.41) is 1.88. The van der Waals surface area contributed by atoms with Crippen LogP contribution in [-0.2, 0) is 13.1 Å². The number of hydrogen-bond acceptors (Lipinski definition) is 6. The summed E-state index contributed by atoms with van der Waals surface area (Å²) >= 11 is 1.41. The van der Waals surface area contributed by atoms with E-state index in [9.17, 15) is 4.79 Å². The van der Waals surface area contributed by atoms with Crippen molar-refractivity contribution in [2.24, 2.45) is 0 Å². The molecule has 1 aliphatic heterocycles. The fourth-order valence-corrected chi connectivity index (χ4v) is 3.38. The quantitative estimate of drug-likeness (QED) is 0.796. The van der Waals surface area contributed by atoms with Gasteiger partial charge in [0.15, 0.2) is 11.5 Å². The summed E-state index contributed by atoms with van der Waals surface area (Å²) in [4.78, 5) is 21.4. The van der Waals surface area contributed by atoms with Crippen LogP contribution in [0.2, 0.25) is 0 Å². The highest BCUT2D eigenvalue weighted by atomic mass is 32.1. The Labute approximate surface area is 136 Å². The van der Waals surface area contributed by atoms with Crippen LogP contribution >= 0.6 is 11.3 Å². The number of rotatable bonds is 4. The van der Waals surface area contributed by atoms with Crippen molar-refractivity contribution in [1.29, 1.82) is 0 Å². The zero-order valence-electron chi connectivity index (χ0n) is 12.5. The van der Waals surface area contributed by atoms with Crippen LogP contribution in [0.5, 0.6) is 11.5 Å². The van der Waals surface area contributed by atoms with Gasteiger partial charge in [-0.1, -0.05) is 6.07 Å². The molecule has 2 aromatic heterocycles. The third-order valence-corrected chi connectivity index (χ3v) is 4.58. The fraction of sp³-hybridized carbons (Fsp3) is 0.250. The van der Waals surface area contributed by atoms with Crippen molar-refractivity contribution >= 4 is 21.6 Å². The first kappa shape index (κ1) is 14.2. The Morgan fingerprint density at radius 2 is 2.13 bits per heavy atom. The molecule has 6 nitrogen and oxygen atoms in total. The highest BCUT2D eigenvalue weighted by molar-refractivity contribution is 7.17. The van der Waals surface area contributed by atoms with Crippen LogP contribution in [0.4, 0.5) is 0 Å². The number of nitrogens with one attached hydrogen (secondary N) is 1. The van der Waals surface area contributed by atoms with Gasteiger partial charge in [-0.2, -0.15) is 0 Å². The van der Waals surface area contributed by atoms with Gasteiger partial charge in [-0.05, 0) is 36.2 Å². The van der Waals surface area contributed by atoms with Crippen molar-refractivity contribution in [3.63, 3.8) is 0 Å². The van der Waals surface area contributed by atoms with Crippen LogP contribution in [0.15, 0.2) is 34.4 Å². The molecule has 7 heteroatoms. The molecule has 0 aliphatic carbocycles. The van der Waals surface area contributed by atoms with E-state index < -0.39 is 0 Å². The number of hydrogen-bond donors (Lipinski definition) is 1. The molecule has 4 rings (SSSR count). The molecule has 0 saturated carbocycles. The number of ether oxygens (including phenoxy) is 2. The van der Waals surface area contributed by atoms with Gasteiger partial charge in [-0.15, -0.1) is 11.3 Å². The van der Waals surface area contributed by atoms with Crippen LogP contribution in [0.3, 0.4) is 0 Å². The van der Waals surface area contributed by atoms with E-state index in [1.807, 2.05) is 36.7 Å². The van der Waals surface area contributed by atoms with E-state index in [2.05, 4.69) is 14.9 Å². The van der Waals surface area contributed by atoms with E-state index in [0.717, 1.165) is 29.1 Å². The molecule has 1 N–H and O–H groups in total. The van der Waals surface area contributed by atoms with Gasteiger partial charge < -0.3 is 14.5 Å². The Hall–Kier alpha value is -2.38. The van der Waals surface area contributed by atoms with Gasteiger partial charge in [0.05, 0.1) is 12.1 Å². The smallest absolute Gasteiger partial charge is 0.268 e. The molecule has 118 valence electrons. The Balaban J connectivity index is 1.50. The van der Waals surface area contributed by atoms with E-state index in [-0.39, 0.29) is 12.4 Å². The first-order valence-electron chi connectivity index (χ1n) is 7.22. The number of aromatic nitrogens is 2. The lowest BCUT2D eigenvalue weighted by molar-refractivity contribution is 0.174. The second-order valence-corrected chi connectivity index (χ2v) is 6.42. The van der Waals surface area contributed by atoms with E-state index in [0.29, 0.717) is 17.1 Å². The van der Waals surface area contributed by atoms with Crippen LogP contribution in [0, 0.1) is 0 Å². The number of fused-ring (bicyclic) bond motifs is 2. The molecule has 0 unspecified atom stereocenters. The zero-order valence-corrected chi connectivity index (χ0v) is 13.4. The second-order valence-electron chi connectivity index (χ2n) is 5.51. The molecular weight excluding hydrogens is 314 g/mol. The summed E-state index contributed by atoms with van der Waals surface area (Å²) in [6, 6.07) is 7.79. The third-order valence-electron chi connectivity index (χ3n) is 3.67. The summed E-state index contributed by atoms with van der Waals surface area (Å²) in [6.45, 7) is 1.57. The lowest BCUT2D eigenvalue weighted by atomic mass is 10.2. The number of nitrogens with zero attached hydrogens (tertiary/aromatic N) is 2. The first-order valence-corrected chi connectivity index (χ1v) is 8.10. The molecule has 0 atom stereocenters. The molecule has 23 heavy (non-hydrogen) atoms. The molecule has 3 aromatic rings. The first-order chi connectivity index (χ1) is 11.2. The summed E-state index contributed by atoms with van der Waals surface area (Å²) in [7, 11) is 1.99. The van der Waals surface area contributed by atoms with E-state index in [4.69, 9.17) is 9.47 Å². The van der Waals surface area contributed by atoms with Gasteiger partial charge in [0, 0.05) is 6.54 Å². The number of aromatic amines is 1. The maximum absolute atomic E-state index is 12.0. The molecule has 0 bridgehead atoms. The normalized spacial score (nSPS) is 13.1. The second kappa shape index (κ2) is 5.68. The summed E-state index contributed by atoms with van der Waals surface area (Å²) in [5.41, 5.74) is 1.80. The lowest BCUT2D eigenvalue weighted by Gasteiger charge is -2.16. The maximum atomic E-state index is 12.0. The third kappa shape index (κ3) is 2.80. The average Bonchev–Trinajstić information content (AvgIpc) is 3.15. The van der Waals surface area contributed by atoms with Crippen molar-refractivity contribution in [2.75, 3.05) is 13.8 Å². The largest absolute Gasteiger partial charge is 0.454 e. The van der Waals surface area contributed by atoms with E-state index in [1.165, 1.54) is 11.3 Å². The fourth-order valence-electron chi connectivity index (χ4n) is 2.66. The van der Waals surface area contributed by atoms with Crippen LogP contribution in [0.25, 0.3) is 10.2 Å². The number of thiophene rings is 1. The van der Waals surface area contributed by atoms with Crippen molar-refractivity contribution in [3.8, 4) is 11.5 Å². The molecule has 0 spiro atoms. The summed E-state index contributed by atoms with van der Waals surface area (Å²) in [6.07, 6.45) is 0. The molecule has 1 aliphatic rings. The molecule has 0 amide bonds. The van der Waals surface area contributed by atoms with Gasteiger partial charge in [0.1, 0.15) is 10.5 Å². The summed E-state index contributed by atoms with van der Waals surface area (Å²) in [5.74, 6) is 2.23. The van der Waals surface area contributed by atoms with Gasteiger partial charge in [-0.3, -0.25) is 9.69 Å². The van der Waals surface area contributed by atoms with Crippen molar-refractivity contribution in [1.82, 2.24) is 14.9 Å². The van der Waals surface area contributed by atoms with Gasteiger partial charge >= 0.3 is 0 Å². The summed E-state index contributed by atoms with van der Waals surface area (Å²) < 4.78 is 11.4. The maximum Gasteiger partial charge on any atom is 0.268 e. The topological polar surface area (TPSA) is 67.5 Å². The standard InChI is InChI=1S/C16H15N3O3S/c1-19(7-10-2-3-12-13(6-10)22-9-21-12)8-14-17-11-4-5-23-15(11)16(20)18-14/h2-6H,7-9H2,1H3,(H,17,18,20). The minimum Gasteiger partial charge on any atom is -0.454 e. The molecule has 0 radical (unpaired) electrons. The highest BCUT2D eigenvalue weighted by Gasteiger charge is 2.14. The SMILES string of the molecule is CN(Cc1ccc2c(c1)OCO2)Cc1nc2ccsc2c(=O)[nH]1. The number of benzene rings is 1. The minimum absolute atomic E-state index is 0.0727. The predicted octanol–water partition coefficient (Wildman–Crippen LogP) is 2.35. The molecule has 1 aromatic carbocycles. The van der Waals surface area contributed by atoms with Gasteiger partial charge in [-0.25, -0.2) is 4.98 Å². The number of H-pyrrole nitrogens is 1. The monoisotopic (exact) mass is 329 g/mol. The minimum atomic E-state index is -0.0727. The zero-order chi connectivity index (χ0) is 15.8. The Morgan fingerprint density at radius 1 is 1.26 bits per heavy atom. The molecular formula is C16H15N3O3S. The Morgan fingerprint density at radius 3 is 3.04 bits per heavy atom. The highest BCUT2D eigenvalue weighted by Crippen LogP contribution is 2.32. The van der Waals surface area contributed by atoms with Crippen LogP contribution < -0.4 is 15.0 Å². The molecule has 0 saturated heterocycles. The molecule has 3 heterocycles. The van der Waals surface area contributed by atoms with E-state index in [1.54, 1.807) is 0 Å². The van der Waals surface area contributed by atoms with Crippen molar-refractivity contribution in [2.45, 2.75) is 13.1 Å². The Kier molecular flexibility index (Phi) is 3.51. The average molecular weight is 329 g/mol. The van der Waals surface area contributed by atoms with E-state index >= 15 is 0 Å². The van der Waals surface area contributed by atoms with Crippen molar-refractivity contribution < 1.29 is 9.47 Å². The van der Waals surface area contributed by atoms with Gasteiger partial charge in [0.25, 0.3) is 5.56 Å². The van der Waals surface area contributed by atoms with Gasteiger partial charge in [0.2, 0.25) is 6.79 Å². The van der Waals surface area contributed by atoms with Crippen LogP contribution in [-0.4, -0.2) is 28.7 Å². The Bertz CT molecular complexity index is 918. The van der Waals surface area contributed by atoms with Crippen molar-refractivity contribution in [3.05, 3.63) is 51.4 Å². The molecule has 0 fully saturated rings. The predicted molar refractivity (Wildman–Crippen MR) is 88.0 cm³/mol. The lowest BCUT2D eigenvalue weighted by Crippen LogP contribution is -2.21. The van der Waals surface area contributed by atoms with Crippen LogP contribution in [0.1, 0.15) is 11.4 Å².